The summed E-state index contributed by atoms with van der Waals surface area (Å²) in [5.74, 6) is -0.858. The molecular weight excluding hydrogens is 329 g/mol. The average molecular weight is 344 g/mol. The molecule has 4 nitrogen and oxygen atoms in total. The molecule has 1 atom stereocenters. The second-order valence-corrected chi connectivity index (χ2v) is 6.99. The van der Waals surface area contributed by atoms with Crippen molar-refractivity contribution in [3.63, 3.8) is 0 Å². The third-order valence-electron chi connectivity index (χ3n) is 3.01. The van der Waals surface area contributed by atoms with Gasteiger partial charge < -0.3 is 5.11 Å². The first kappa shape index (κ1) is 16.9. The van der Waals surface area contributed by atoms with E-state index in [-0.39, 0.29) is 12.3 Å². The van der Waals surface area contributed by atoms with E-state index in [1.165, 1.54) is 18.2 Å². The largest absolute Gasteiger partial charge is 0.387 e. The first-order chi connectivity index (χ1) is 10.4. The van der Waals surface area contributed by atoms with Crippen LogP contribution in [0.15, 0.2) is 48.5 Å². The minimum absolute atomic E-state index is 0.207. The first-order valence-electron chi connectivity index (χ1n) is 6.52. The summed E-state index contributed by atoms with van der Waals surface area (Å²) in [6.45, 7) is -0.207. The molecule has 0 fully saturated rings. The van der Waals surface area contributed by atoms with Crippen LogP contribution in [0.5, 0.6) is 0 Å². The van der Waals surface area contributed by atoms with Gasteiger partial charge in [-0.25, -0.2) is 17.5 Å². The van der Waals surface area contributed by atoms with E-state index in [0.29, 0.717) is 16.1 Å². The van der Waals surface area contributed by atoms with Gasteiger partial charge in [0.25, 0.3) is 0 Å². The van der Waals surface area contributed by atoms with Crippen molar-refractivity contribution >= 4 is 21.6 Å². The second kappa shape index (κ2) is 7.19. The van der Waals surface area contributed by atoms with Crippen molar-refractivity contribution in [1.29, 1.82) is 0 Å². The summed E-state index contributed by atoms with van der Waals surface area (Å²) in [7, 11) is -3.69. The monoisotopic (exact) mass is 343 g/mol. The van der Waals surface area contributed by atoms with E-state index in [9.17, 15) is 17.9 Å². The number of aliphatic hydroxyl groups is 1. The average Bonchev–Trinajstić information content (AvgIpc) is 2.45. The number of aliphatic hydroxyl groups excluding tert-OH is 1. The number of halogens is 2. The molecule has 0 saturated heterocycles. The van der Waals surface area contributed by atoms with Crippen LogP contribution in [0.25, 0.3) is 0 Å². The third-order valence-corrected chi connectivity index (χ3v) is 4.67. The Morgan fingerprint density at radius 1 is 1.18 bits per heavy atom. The number of rotatable bonds is 6. The Morgan fingerprint density at radius 3 is 2.59 bits per heavy atom. The summed E-state index contributed by atoms with van der Waals surface area (Å²) in [5, 5.41) is 10.4. The zero-order chi connectivity index (χ0) is 16.2. The van der Waals surface area contributed by atoms with Gasteiger partial charge >= 0.3 is 0 Å². The molecule has 2 aromatic rings. The van der Waals surface area contributed by atoms with Crippen LogP contribution >= 0.6 is 11.6 Å². The molecule has 0 aromatic heterocycles. The van der Waals surface area contributed by atoms with Crippen molar-refractivity contribution in [2.24, 2.45) is 0 Å². The predicted molar refractivity (Wildman–Crippen MR) is 83.4 cm³/mol. The Morgan fingerprint density at radius 2 is 1.91 bits per heavy atom. The Labute approximate surface area is 133 Å². The summed E-state index contributed by atoms with van der Waals surface area (Å²) < 4.78 is 39.3. The molecule has 0 saturated carbocycles. The Balaban J connectivity index is 1.99. The van der Waals surface area contributed by atoms with Gasteiger partial charge in [0, 0.05) is 17.1 Å². The molecule has 22 heavy (non-hydrogen) atoms. The number of benzene rings is 2. The van der Waals surface area contributed by atoms with Crippen molar-refractivity contribution in [2.75, 3.05) is 6.54 Å². The Kier molecular flexibility index (Phi) is 5.52. The lowest BCUT2D eigenvalue weighted by molar-refractivity contribution is 0.182. The quantitative estimate of drug-likeness (QED) is 0.847. The van der Waals surface area contributed by atoms with Crippen LogP contribution < -0.4 is 4.72 Å². The smallest absolute Gasteiger partial charge is 0.215 e. The molecule has 118 valence electrons. The second-order valence-electron chi connectivity index (χ2n) is 4.77. The molecule has 0 aliphatic heterocycles. The molecule has 0 spiro atoms. The highest BCUT2D eigenvalue weighted by molar-refractivity contribution is 7.88. The van der Waals surface area contributed by atoms with E-state index in [1.807, 2.05) is 0 Å². The molecular formula is C15H15ClFNO3S. The summed E-state index contributed by atoms with van der Waals surface area (Å²) in [4.78, 5) is 0. The topological polar surface area (TPSA) is 66.4 Å². The highest BCUT2D eigenvalue weighted by atomic mass is 35.5. The summed E-state index contributed by atoms with van der Waals surface area (Å²) in [5.41, 5.74) is 0.775. The first-order valence-corrected chi connectivity index (χ1v) is 8.55. The van der Waals surface area contributed by atoms with Gasteiger partial charge in [0.15, 0.2) is 0 Å². The van der Waals surface area contributed by atoms with Gasteiger partial charge in [-0.1, -0.05) is 41.9 Å². The van der Waals surface area contributed by atoms with E-state index < -0.39 is 21.9 Å². The van der Waals surface area contributed by atoms with Gasteiger partial charge in [-0.05, 0) is 23.8 Å². The van der Waals surface area contributed by atoms with Crippen LogP contribution in [-0.4, -0.2) is 20.1 Å². The normalized spacial score (nSPS) is 13.0. The molecule has 0 bridgehead atoms. The number of hydrogen-bond donors (Lipinski definition) is 2. The van der Waals surface area contributed by atoms with E-state index in [1.54, 1.807) is 24.3 Å². The van der Waals surface area contributed by atoms with Crippen LogP contribution in [0.1, 0.15) is 17.2 Å². The molecule has 0 amide bonds. The molecule has 2 N–H and O–H groups in total. The van der Waals surface area contributed by atoms with Gasteiger partial charge in [-0.2, -0.15) is 0 Å². The maximum atomic E-state index is 13.1. The molecule has 2 rings (SSSR count). The maximum Gasteiger partial charge on any atom is 0.215 e. The van der Waals surface area contributed by atoms with Gasteiger partial charge in [0.05, 0.1) is 11.9 Å². The van der Waals surface area contributed by atoms with Crippen LogP contribution in [0, 0.1) is 5.82 Å². The lowest BCUT2D eigenvalue weighted by atomic mass is 10.1. The van der Waals surface area contributed by atoms with Crippen molar-refractivity contribution < 1.29 is 17.9 Å². The number of sulfonamides is 1. The van der Waals surface area contributed by atoms with Crippen LogP contribution in [0.4, 0.5) is 4.39 Å². The third kappa shape index (κ3) is 4.78. The summed E-state index contributed by atoms with van der Waals surface area (Å²) in [6.07, 6.45) is -1.06. The van der Waals surface area contributed by atoms with Gasteiger partial charge in [-0.15, -0.1) is 0 Å². The van der Waals surface area contributed by atoms with Crippen molar-refractivity contribution in [3.05, 3.63) is 70.5 Å². The molecule has 7 heteroatoms. The SMILES string of the molecule is O=S(=O)(Cc1cccc(F)c1)NC[C@H](O)c1ccccc1Cl. The molecule has 0 aliphatic rings. The fourth-order valence-electron chi connectivity index (χ4n) is 1.96. The molecule has 2 aromatic carbocycles. The Bertz CT molecular complexity index is 752. The number of hydrogen-bond acceptors (Lipinski definition) is 3. The van der Waals surface area contributed by atoms with Gasteiger partial charge in [0.1, 0.15) is 5.82 Å². The van der Waals surface area contributed by atoms with E-state index >= 15 is 0 Å². The van der Waals surface area contributed by atoms with Crippen molar-refractivity contribution in [2.45, 2.75) is 11.9 Å². The van der Waals surface area contributed by atoms with Gasteiger partial charge in [-0.3, -0.25) is 0 Å². The van der Waals surface area contributed by atoms with Gasteiger partial charge in [0.2, 0.25) is 10.0 Å². The lowest BCUT2D eigenvalue weighted by Gasteiger charge is -2.14. The molecule has 0 heterocycles. The predicted octanol–water partition coefficient (Wildman–Crippen LogP) is 2.63. The van der Waals surface area contributed by atoms with Crippen LogP contribution in [0.3, 0.4) is 0 Å². The lowest BCUT2D eigenvalue weighted by Crippen LogP contribution is -2.29. The number of nitrogens with one attached hydrogen (secondary N) is 1. The van der Waals surface area contributed by atoms with E-state index in [0.717, 1.165) is 6.07 Å². The minimum Gasteiger partial charge on any atom is -0.387 e. The maximum absolute atomic E-state index is 13.1. The highest BCUT2D eigenvalue weighted by Gasteiger charge is 2.16. The Hall–Kier alpha value is -1.47. The zero-order valence-electron chi connectivity index (χ0n) is 11.5. The highest BCUT2D eigenvalue weighted by Crippen LogP contribution is 2.22. The molecule has 0 unspecified atom stereocenters. The van der Waals surface area contributed by atoms with Crippen LogP contribution in [0.2, 0.25) is 5.02 Å². The van der Waals surface area contributed by atoms with Crippen LogP contribution in [-0.2, 0) is 15.8 Å². The van der Waals surface area contributed by atoms with Crippen molar-refractivity contribution in [1.82, 2.24) is 4.72 Å². The van der Waals surface area contributed by atoms with E-state index in [2.05, 4.69) is 4.72 Å². The fourth-order valence-corrected chi connectivity index (χ4v) is 3.35. The standard InChI is InChI=1S/C15H15ClFNO3S/c16-14-7-2-1-6-13(14)15(19)9-18-22(20,21)10-11-4-3-5-12(17)8-11/h1-8,15,18-19H,9-10H2/t15-/m0/s1. The zero-order valence-corrected chi connectivity index (χ0v) is 13.1. The minimum atomic E-state index is -3.69. The summed E-state index contributed by atoms with van der Waals surface area (Å²) in [6, 6.07) is 12.0. The van der Waals surface area contributed by atoms with Crippen molar-refractivity contribution in [3.8, 4) is 0 Å². The molecule has 0 radical (unpaired) electrons. The van der Waals surface area contributed by atoms with E-state index in [4.69, 9.17) is 11.6 Å². The molecule has 0 aliphatic carbocycles. The fraction of sp³-hybridized carbons (Fsp3) is 0.200. The summed E-state index contributed by atoms with van der Waals surface area (Å²) >= 11 is 5.94.